The molecule has 0 unspecified atom stereocenters. The zero-order valence-electron chi connectivity index (χ0n) is 10.9. The van der Waals surface area contributed by atoms with Crippen molar-refractivity contribution in [3.8, 4) is 0 Å². The molecule has 1 rings (SSSR count). The van der Waals surface area contributed by atoms with Crippen molar-refractivity contribution in [3.63, 3.8) is 0 Å². The van der Waals surface area contributed by atoms with Gasteiger partial charge < -0.3 is 5.32 Å². The van der Waals surface area contributed by atoms with Gasteiger partial charge in [-0.05, 0) is 31.6 Å². The zero-order valence-corrected chi connectivity index (χ0v) is 10.9. The quantitative estimate of drug-likeness (QED) is 0.687. The first-order chi connectivity index (χ1) is 7.72. The van der Waals surface area contributed by atoms with Gasteiger partial charge in [-0.15, -0.1) is 0 Å². The molecular formula is C14H27NO. The Kier molecular flexibility index (Phi) is 6.51. The lowest BCUT2D eigenvalue weighted by atomic mass is 9.83. The highest BCUT2D eigenvalue weighted by molar-refractivity contribution is 5.73. The van der Waals surface area contributed by atoms with Gasteiger partial charge in [0.2, 0.25) is 5.91 Å². The van der Waals surface area contributed by atoms with Crippen molar-refractivity contribution in [1.82, 2.24) is 5.32 Å². The van der Waals surface area contributed by atoms with Gasteiger partial charge in [-0.25, -0.2) is 0 Å². The van der Waals surface area contributed by atoms with E-state index in [0.717, 1.165) is 5.92 Å². The normalized spacial score (nSPS) is 25.4. The average Bonchev–Trinajstić information content (AvgIpc) is 2.26. The van der Waals surface area contributed by atoms with Crippen molar-refractivity contribution in [2.45, 2.75) is 77.7 Å². The van der Waals surface area contributed by atoms with Gasteiger partial charge in [-0.2, -0.15) is 0 Å². The van der Waals surface area contributed by atoms with Crippen LogP contribution in [0.3, 0.4) is 0 Å². The van der Waals surface area contributed by atoms with Gasteiger partial charge in [-0.1, -0.05) is 39.0 Å². The van der Waals surface area contributed by atoms with Crippen molar-refractivity contribution < 1.29 is 4.79 Å². The Morgan fingerprint density at radius 3 is 2.38 bits per heavy atom. The Morgan fingerprint density at radius 2 is 1.81 bits per heavy atom. The molecule has 1 aliphatic rings. The predicted molar refractivity (Wildman–Crippen MR) is 68.3 cm³/mol. The average molecular weight is 225 g/mol. The lowest BCUT2D eigenvalue weighted by Gasteiger charge is -2.28. The summed E-state index contributed by atoms with van der Waals surface area (Å²) in [5.74, 6) is 1.06. The molecule has 1 amide bonds. The first-order valence-corrected chi connectivity index (χ1v) is 6.99. The van der Waals surface area contributed by atoms with Crippen LogP contribution in [0.2, 0.25) is 0 Å². The first-order valence-electron chi connectivity index (χ1n) is 6.99. The maximum atomic E-state index is 10.9. The summed E-state index contributed by atoms with van der Waals surface area (Å²) in [5, 5.41) is 3.04. The standard InChI is InChI=1S/C14H27NO/c1-3-4-5-6-7-13-8-10-14(11-9-13)15-12(2)16/h13-14H,3-11H2,1-2H3,(H,15,16). The Hall–Kier alpha value is -0.530. The minimum Gasteiger partial charge on any atom is -0.354 e. The number of nitrogens with one attached hydrogen (secondary N) is 1. The first kappa shape index (κ1) is 13.5. The van der Waals surface area contributed by atoms with Crippen LogP contribution in [0.15, 0.2) is 0 Å². The fraction of sp³-hybridized carbons (Fsp3) is 0.929. The topological polar surface area (TPSA) is 29.1 Å². The molecule has 1 saturated carbocycles. The summed E-state index contributed by atoms with van der Waals surface area (Å²) in [6.45, 7) is 3.88. The molecule has 0 saturated heterocycles. The largest absolute Gasteiger partial charge is 0.354 e. The molecule has 2 heteroatoms. The molecule has 1 fully saturated rings. The van der Waals surface area contributed by atoms with Gasteiger partial charge in [0.15, 0.2) is 0 Å². The highest BCUT2D eigenvalue weighted by atomic mass is 16.1. The summed E-state index contributed by atoms with van der Waals surface area (Å²) < 4.78 is 0. The number of hydrogen-bond acceptors (Lipinski definition) is 1. The van der Waals surface area contributed by atoms with Crippen LogP contribution < -0.4 is 5.32 Å². The van der Waals surface area contributed by atoms with Crippen LogP contribution in [-0.2, 0) is 4.79 Å². The van der Waals surface area contributed by atoms with E-state index < -0.39 is 0 Å². The molecule has 2 nitrogen and oxygen atoms in total. The lowest BCUT2D eigenvalue weighted by molar-refractivity contribution is -0.119. The number of unbranched alkanes of at least 4 members (excludes halogenated alkanes) is 3. The third-order valence-corrected chi connectivity index (χ3v) is 3.72. The fourth-order valence-electron chi connectivity index (χ4n) is 2.74. The molecule has 0 aromatic heterocycles. The van der Waals surface area contributed by atoms with Crippen LogP contribution in [0.25, 0.3) is 0 Å². The Labute approximate surface area is 100 Å². The molecule has 1 N–H and O–H groups in total. The summed E-state index contributed by atoms with van der Waals surface area (Å²) in [6.07, 6.45) is 12.0. The lowest BCUT2D eigenvalue weighted by Crippen LogP contribution is -2.36. The number of amides is 1. The monoisotopic (exact) mass is 225 g/mol. The van der Waals surface area contributed by atoms with Crippen LogP contribution in [0.1, 0.15) is 71.6 Å². The second-order valence-electron chi connectivity index (χ2n) is 5.27. The van der Waals surface area contributed by atoms with Crippen molar-refractivity contribution >= 4 is 5.91 Å². The SMILES string of the molecule is CCCCCCC1CCC(NC(C)=O)CC1. The summed E-state index contributed by atoms with van der Waals surface area (Å²) >= 11 is 0. The van der Waals surface area contributed by atoms with Gasteiger partial charge in [-0.3, -0.25) is 4.79 Å². The van der Waals surface area contributed by atoms with Crippen LogP contribution in [-0.4, -0.2) is 11.9 Å². The van der Waals surface area contributed by atoms with E-state index >= 15 is 0 Å². The highest BCUT2D eigenvalue weighted by Crippen LogP contribution is 2.28. The molecule has 0 aliphatic heterocycles. The van der Waals surface area contributed by atoms with Gasteiger partial charge >= 0.3 is 0 Å². The van der Waals surface area contributed by atoms with Gasteiger partial charge in [0, 0.05) is 13.0 Å². The second-order valence-corrected chi connectivity index (χ2v) is 5.27. The van der Waals surface area contributed by atoms with E-state index in [1.165, 1.54) is 57.8 Å². The molecule has 0 radical (unpaired) electrons. The molecule has 0 atom stereocenters. The summed E-state index contributed by atoms with van der Waals surface area (Å²) in [7, 11) is 0. The number of hydrogen-bond donors (Lipinski definition) is 1. The van der Waals surface area contributed by atoms with Crippen LogP contribution in [0.4, 0.5) is 0 Å². The van der Waals surface area contributed by atoms with E-state index in [9.17, 15) is 4.79 Å². The smallest absolute Gasteiger partial charge is 0.217 e. The van der Waals surface area contributed by atoms with Crippen LogP contribution in [0.5, 0.6) is 0 Å². The zero-order chi connectivity index (χ0) is 11.8. The van der Waals surface area contributed by atoms with E-state index in [1.54, 1.807) is 6.92 Å². The van der Waals surface area contributed by atoms with Crippen LogP contribution >= 0.6 is 0 Å². The molecule has 0 spiro atoms. The van der Waals surface area contributed by atoms with E-state index in [0.29, 0.717) is 6.04 Å². The van der Waals surface area contributed by atoms with E-state index in [2.05, 4.69) is 12.2 Å². The summed E-state index contributed by atoms with van der Waals surface area (Å²) in [4.78, 5) is 10.9. The highest BCUT2D eigenvalue weighted by Gasteiger charge is 2.20. The minimum atomic E-state index is 0.131. The number of carbonyl (C=O) groups is 1. The fourth-order valence-corrected chi connectivity index (χ4v) is 2.74. The maximum absolute atomic E-state index is 10.9. The molecule has 0 aromatic rings. The maximum Gasteiger partial charge on any atom is 0.217 e. The molecule has 0 bridgehead atoms. The molecule has 1 aliphatic carbocycles. The van der Waals surface area contributed by atoms with Crippen molar-refractivity contribution in [2.75, 3.05) is 0 Å². The van der Waals surface area contributed by atoms with E-state index in [1.807, 2.05) is 0 Å². The third-order valence-electron chi connectivity index (χ3n) is 3.72. The predicted octanol–water partition coefficient (Wildman–Crippen LogP) is 3.65. The Bertz CT molecular complexity index is 195. The van der Waals surface area contributed by atoms with Crippen LogP contribution in [0, 0.1) is 5.92 Å². The summed E-state index contributed by atoms with van der Waals surface area (Å²) in [5.41, 5.74) is 0. The van der Waals surface area contributed by atoms with Gasteiger partial charge in [0.1, 0.15) is 0 Å². The van der Waals surface area contributed by atoms with Crippen molar-refractivity contribution in [3.05, 3.63) is 0 Å². The molecule has 16 heavy (non-hydrogen) atoms. The number of carbonyl (C=O) groups excluding carboxylic acids is 1. The number of rotatable bonds is 6. The third kappa shape index (κ3) is 5.53. The molecule has 94 valence electrons. The molecule has 0 heterocycles. The van der Waals surface area contributed by atoms with Crippen molar-refractivity contribution in [2.24, 2.45) is 5.92 Å². The minimum absolute atomic E-state index is 0.131. The Morgan fingerprint density at radius 1 is 1.12 bits per heavy atom. The summed E-state index contributed by atoms with van der Waals surface area (Å²) in [6, 6.07) is 0.462. The molecule has 0 aromatic carbocycles. The van der Waals surface area contributed by atoms with Crippen molar-refractivity contribution in [1.29, 1.82) is 0 Å². The van der Waals surface area contributed by atoms with E-state index in [-0.39, 0.29) is 5.91 Å². The Balaban J connectivity index is 2.05. The second kappa shape index (κ2) is 7.70. The van der Waals surface area contributed by atoms with E-state index in [4.69, 9.17) is 0 Å². The van der Waals surface area contributed by atoms with Gasteiger partial charge in [0.25, 0.3) is 0 Å². The molecular weight excluding hydrogens is 198 g/mol. The van der Waals surface area contributed by atoms with Gasteiger partial charge in [0.05, 0.1) is 0 Å².